The first-order chi connectivity index (χ1) is 11.2. The van der Waals surface area contributed by atoms with Gasteiger partial charge in [-0.05, 0) is 20.3 Å². The largest absolute Gasteiger partial charge is 0.493 e. The Kier molecular flexibility index (Phi) is 6.69. The zero-order chi connectivity index (χ0) is 18.3. The van der Waals surface area contributed by atoms with E-state index in [-0.39, 0.29) is 6.42 Å². The van der Waals surface area contributed by atoms with Gasteiger partial charge in [0.2, 0.25) is 5.75 Å². The fraction of sp³-hybridized carbons (Fsp3) is 0.500. The second kappa shape index (κ2) is 8.28. The molecule has 1 aromatic rings. The van der Waals surface area contributed by atoms with E-state index in [1.54, 1.807) is 26.0 Å². The average molecular weight is 340 g/mol. The zero-order valence-corrected chi connectivity index (χ0v) is 14.6. The van der Waals surface area contributed by atoms with Crippen molar-refractivity contribution in [3.8, 4) is 17.2 Å². The van der Waals surface area contributed by atoms with E-state index in [0.29, 0.717) is 29.4 Å². The fourth-order valence-corrected chi connectivity index (χ4v) is 2.10. The molecule has 134 valence electrons. The van der Waals surface area contributed by atoms with Gasteiger partial charge in [0.25, 0.3) is 0 Å². The van der Waals surface area contributed by atoms with Gasteiger partial charge in [-0.25, -0.2) is 4.79 Å². The Bertz CT molecular complexity index is 575. The number of aliphatic carboxylic acids is 1. The van der Waals surface area contributed by atoms with Crippen molar-refractivity contribution in [2.75, 3.05) is 26.6 Å². The number of hydrogen-bond donors (Lipinski definition) is 3. The van der Waals surface area contributed by atoms with Crippen LogP contribution in [0.5, 0.6) is 17.2 Å². The van der Waals surface area contributed by atoms with Gasteiger partial charge in [0, 0.05) is 24.1 Å². The number of nitrogens with one attached hydrogen (secondary N) is 2. The summed E-state index contributed by atoms with van der Waals surface area (Å²) in [5.74, 6) is 0.345. The predicted molar refractivity (Wildman–Crippen MR) is 89.2 cm³/mol. The highest BCUT2D eigenvalue weighted by Crippen LogP contribution is 2.39. The number of ether oxygens (including phenoxy) is 3. The van der Waals surface area contributed by atoms with Gasteiger partial charge in [0.05, 0.1) is 27.0 Å². The lowest BCUT2D eigenvalue weighted by Gasteiger charge is -2.26. The Hall–Kier alpha value is -2.64. The quantitative estimate of drug-likeness (QED) is 0.671. The molecule has 0 aromatic heterocycles. The molecule has 0 aliphatic rings. The molecule has 24 heavy (non-hydrogen) atoms. The third-order valence-corrected chi connectivity index (χ3v) is 3.34. The monoisotopic (exact) mass is 340 g/mol. The van der Waals surface area contributed by atoms with Gasteiger partial charge >= 0.3 is 12.0 Å². The van der Waals surface area contributed by atoms with Gasteiger partial charge in [-0.15, -0.1) is 0 Å². The number of methoxy groups -OCH3 is 3. The molecule has 0 spiro atoms. The van der Waals surface area contributed by atoms with Crippen LogP contribution in [0, 0.1) is 0 Å². The molecule has 8 heteroatoms. The number of rotatable bonds is 8. The first-order valence-electron chi connectivity index (χ1n) is 7.33. The lowest BCUT2D eigenvalue weighted by atomic mass is 9.99. The Labute approximate surface area is 141 Å². The number of carboxylic acid groups (broad SMARTS) is 1. The van der Waals surface area contributed by atoms with Crippen LogP contribution >= 0.6 is 0 Å². The van der Waals surface area contributed by atoms with E-state index in [0.717, 1.165) is 0 Å². The molecule has 0 fully saturated rings. The summed E-state index contributed by atoms with van der Waals surface area (Å²) in [5, 5.41) is 14.2. The summed E-state index contributed by atoms with van der Waals surface area (Å²) in [7, 11) is 4.46. The van der Waals surface area contributed by atoms with E-state index >= 15 is 0 Å². The van der Waals surface area contributed by atoms with Crippen molar-refractivity contribution >= 4 is 17.7 Å². The van der Waals surface area contributed by atoms with E-state index in [1.807, 2.05) is 0 Å². The number of urea groups is 1. The normalized spacial score (nSPS) is 10.7. The van der Waals surface area contributed by atoms with Crippen molar-refractivity contribution in [1.82, 2.24) is 5.32 Å². The highest BCUT2D eigenvalue weighted by atomic mass is 16.5. The van der Waals surface area contributed by atoms with E-state index in [2.05, 4.69) is 10.6 Å². The lowest BCUT2D eigenvalue weighted by molar-refractivity contribution is -0.137. The van der Waals surface area contributed by atoms with Gasteiger partial charge < -0.3 is 30.0 Å². The maximum absolute atomic E-state index is 12.1. The minimum Gasteiger partial charge on any atom is -0.493 e. The molecule has 2 amide bonds. The van der Waals surface area contributed by atoms with Crippen LogP contribution in [-0.4, -0.2) is 44.0 Å². The van der Waals surface area contributed by atoms with Crippen LogP contribution in [0.2, 0.25) is 0 Å². The molecule has 0 atom stereocenters. The number of carbonyl (C=O) groups excluding carboxylic acids is 1. The van der Waals surface area contributed by atoms with Crippen molar-refractivity contribution < 1.29 is 28.9 Å². The number of anilines is 1. The molecular weight excluding hydrogens is 316 g/mol. The van der Waals surface area contributed by atoms with Crippen molar-refractivity contribution in [3.05, 3.63) is 12.1 Å². The second-order valence-corrected chi connectivity index (χ2v) is 5.77. The molecule has 0 heterocycles. The van der Waals surface area contributed by atoms with Crippen LogP contribution in [0.4, 0.5) is 10.5 Å². The third kappa shape index (κ3) is 5.53. The SMILES string of the molecule is COc1cc(NC(=O)NC(C)(C)CCC(=O)O)cc(OC)c1OC. The molecular formula is C16H24N2O6. The summed E-state index contributed by atoms with van der Waals surface area (Å²) in [6.45, 7) is 3.51. The molecule has 0 aliphatic carbocycles. The molecule has 1 aromatic carbocycles. The summed E-state index contributed by atoms with van der Waals surface area (Å²) in [6, 6.07) is 2.75. The van der Waals surface area contributed by atoms with E-state index in [1.165, 1.54) is 21.3 Å². The molecule has 0 aliphatic heterocycles. The van der Waals surface area contributed by atoms with Gasteiger partial charge in [-0.1, -0.05) is 0 Å². The molecule has 0 unspecified atom stereocenters. The summed E-state index contributed by atoms with van der Waals surface area (Å²) in [6.07, 6.45) is 0.280. The second-order valence-electron chi connectivity index (χ2n) is 5.77. The predicted octanol–water partition coefficient (Wildman–Crippen LogP) is 2.48. The zero-order valence-electron chi connectivity index (χ0n) is 14.6. The van der Waals surface area contributed by atoms with E-state index in [4.69, 9.17) is 19.3 Å². The summed E-state index contributed by atoms with van der Waals surface area (Å²) in [4.78, 5) is 22.8. The first kappa shape index (κ1) is 19.4. The van der Waals surface area contributed by atoms with Crippen molar-refractivity contribution in [1.29, 1.82) is 0 Å². The highest BCUT2D eigenvalue weighted by Gasteiger charge is 2.22. The standard InChI is InChI=1S/C16H24N2O6/c1-16(2,7-6-13(19)20)18-15(21)17-10-8-11(22-3)14(24-5)12(9-10)23-4/h8-9H,6-7H2,1-5H3,(H,19,20)(H2,17,18,21). The number of carbonyl (C=O) groups is 2. The average Bonchev–Trinajstić information content (AvgIpc) is 2.51. The van der Waals surface area contributed by atoms with Crippen molar-refractivity contribution in [2.24, 2.45) is 0 Å². The maximum atomic E-state index is 12.1. The van der Waals surface area contributed by atoms with Crippen LogP contribution in [0.15, 0.2) is 12.1 Å². The topological polar surface area (TPSA) is 106 Å². The van der Waals surface area contributed by atoms with Crippen molar-refractivity contribution in [3.63, 3.8) is 0 Å². The van der Waals surface area contributed by atoms with Crippen LogP contribution in [0.1, 0.15) is 26.7 Å². The first-order valence-corrected chi connectivity index (χ1v) is 7.33. The van der Waals surface area contributed by atoms with E-state index < -0.39 is 17.5 Å². The van der Waals surface area contributed by atoms with Crippen LogP contribution < -0.4 is 24.8 Å². The summed E-state index contributed by atoms with van der Waals surface area (Å²) >= 11 is 0. The lowest BCUT2D eigenvalue weighted by Crippen LogP contribution is -2.45. The highest BCUT2D eigenvalue weighted by molar-refractivity contribution is 5.90. The molecule has 0 radical (unpaired) electrons. The van der Waals surface area contributed by atoms with Crippen molar-refractivity contribution in [2.45, 2.75) is 32.2 Å². The Morgan fingerprint density at radius 1 is 1.08 bits per heavy atom. The molecule has 1 rings (SSSR count). The smallest absolute Gasteiger partial charge is 0.319 e. The number of benzene rings is 1. The Morgan fingerprint density at radius 3 is 2.04 bits per heavy atom. The molecule has 3 N–H and O–H groups in total. The van der Waals surface area contributed by atoms with Gasteiger partial charge in [-0.2, -0.15) is 0 Å². The van der Waals surface area contributed by atoms with Gasteiger partial charge in [0.1, 0.15) is 0 Å². The number of hydrogen-bond acceptors (Lipinski definition) is 5. The van der Waals surface area contributed by atoms with Crippen LogP contribution in [0.25, 0.3) is 0 Å². The fourth-order valence-electron chi connectivity index (χ4n) is 2.10. The molecule has 0 bridgehead atoms. The maximum Gasteiger partial charge on any atom is 0.319 e. The third-order valence-electron chi connectivity index (χ3n) is 3.34. The summed E-state index contributed by atoms with van der Waals surface area (Å²) < 4.78 is 15.7. The number of amides is 2. The van der Waals surface area contributed by atoms with Crippen LogP contribution in [-0.2, 0) is 4.79 Å². The minimum atomic E-state index is -0.907. The molecule has 0 saturated heterocycles. The van der Waals surface area contributed by atoms with Gasteiger partial charge in [0.15, 0.2) is 11.5 Å². The molecule has 8 nitrogen and oxygen atoms in total. The van der Waals surface area contributed by atoms with Crippen LogP contribution in [0.3, 0.4) is 0 Å². The van der Waals surface area contributed by atoms with Gasteiger partial charge in [-0.3, -0.25) is 4.79 Å². The Morgan fingerprint density at radius 2 is 1.62 bits per heavy atom. The van der Waals surface area contributed by atoms with E-state index in [9.17, 15) is 9.59 Å². The number of carboxylic acids is 1. The molecule has 0 saturated carbocycles. The summed E-state index contributed by atoms with van der Waals surface area (Å²) in [5.41, 5.74) is -0.209. The minimum absolute atomic E-state index is 0.0303. The Balaban J connectivity index is 2.85.